The minimum absolute atomic E-state index is 0.374. The van der Waals surface area contributed by atoms with Crippen LogP contribution in [0.4, 0.5) is 0 Å². The van der Waals surface area contributed by atoms with Crippen LogP contribution < -0.4 is 0 Å². The number of carbonyl (C=O) groups is 1. The molecule has 0 unspecified atom stereocenters. The van der Waals surface area contributed by atoms with Crippen molar-refractivity contribution in [3.63, 3.8) is 0 Å². The largest absolute Gasteiger partial charge is 0.294 e. The predicted octanol–water partition coefficient (Wildman–Crippen LogP) is 3.54. The van der Waals surface area contributed by atoms with Crippen LogP contribution in [-0.2, 0) is 5.41 Å². The van der Waals surface area contributed by atoms with E-state index in [9.17, 15) is 4.79 Å². The number of rotatable bonds is 0. The van der Waals surface area contributed by atoms with E-state index in [1.165, 1.54) is 30.6 Å². The molecule has 0 amide bonds. The molecule has 0 aliphatic heterocycles. The highest BCUT2D eigenvalue weighted by molar-refractivity contribution is 7.10. The van der Waals surface area contributed by atoms with Gasteiger partial charge in [0.2, 0.25) is 0 Å². The molecule has 1 saturated carbocycles. The van der Waals surface area contributed by atoms with Gasteiger partial charge in [0.15, 0.2) is 5.78 Å². The number of thiophene rings is 1. The molecule has 2 aliphatic carbocycles. The molecule has 0 N–H and O–H groups in total. The average Bonchev–Trinajstić information content (AvgIpc) is 2.82. The van der Waals surface area contributed by atoms with Crippen molar-refractivity contribution < 1.29 is 4.79 Å². The van der Waals surface area contributed by atoms with E-state index in [4.69, 9.17) is 0 Å². The highest BCUT2D eigenvalue weighted by Crippen LogP contribution is 2.50. The number of ketones is 1. The van der Waals surface area contributed by atoms with Crippen molar-refractivity contribution in [1.29, 1.82) is 0 Å². The van der Waals surface area contributed by atoms with Gasteiger partial charge in [-0.15, -0.1) is 11.3 Å². The van der Waals surface area contributed by atoms with Gasteiger partial charge in [0.1, 0.15) is 0 Å². The zero-order valence-electron chi connectivity index (χ0n) is 8.21. The maximum Gasteiger partial charge on any atom is 0.164 e. The fraction of sp³-hybridized carbons (Fsp3) is 0.583. The third-order valence-electron chi connectivity index (χ3n) is 3.84. The van der Waals surface area contributed by atoms with Crippen molar-refractivity contribution in [3.05, 3.63) is 21.9 Å². The van der Waals surface area contributed by atoms with Gasteiger partial charge in [0, 0.05) is 22.3 Å². The van der Waals surface area contributed by atoms with E-state index in [2.05, 4.69) is 5.38 Å². The summed E-state index contributed by atoms with van der Waals surface area (Å²) in [5.41, 5.74) is 1.46. The summed E-state index contributed by atoms with van der Waals surface area (Å²) >= 11 is 1.80. The van der Waals surface area contributed by atoms with Crippen LogP contribution in [0.2, 0.25) is 0 Å². The van der Waals surface area contributed by atoms with Crippen molar-refractivity contribution in [1.82, 2.24) is 0 Å². The minimum Gasteiger partial charge on any atom is -0.294 e. The Morgan fingerprint density at radius 2 is 2.00 bits per heavy atom. The number of carbonyl (C=O) groups excluding carboxylic acids is 1. The molecule has 1 aromatic rings. The van der Waals surface area contributed by atoms with Crippen LogP contribution in [0.5, 0.6) is 0 Å². The SMILES string of the molecule is O=C1CCC2(CCCC2)c2sccc21. The molecule has 1 nitrogen and oxygen atoms in total. The van der Waals surface area contributed by atoms with Crippen molar-refractivity contribution >= 4 is 17.1 Å². The summed E-state index contributed by atoms with van der Waals surface area (Å²) in [5.74, 6) is 0.374. The van der Waals surface area contributed by atoms with Crippen LogP contribution >= 0.6 is 11.3 Å². The van der Waals surface area contributed by atoms with Gasteiger partial charge in [-0.05, 0) is 30.7 Å². The van der Waals surface area contributed by atoms with E-state index in [-0.39, 0.29) is 0 Å². The van der Waals surface area contributed by atoms with Gasteiger partial charge in [-0.1, -0.05) is 12.8 Å². The Kier molecular flexibility index (Phi) is 1.81. The minimum atomic E-state index is 0.374. The Morgan fingerprint density at radius 3 is 2.79 bits per heavy atom. The van der Waals surface area contributed by atoms with Crippen LogP contribution in [0.15, 0.2) is 11.4 Å². The number of fused-ring (bicyclic) bond motifs is 2. The lowest BCUT2D eigenvalue weighted by molar-refractivity contribution is 0.0954. The van der Waals surface area contributed by atoms with Gasteiger partial charge in [-0.25, -0.2) is 0 Å². The zero-order valence-corrected chi connectivity index (χ0v) is 9.03. The molecule has 1 heterocycles. The van der Waals surface area contributed by atoms with E-state index < -0.39 is 0 Å². The highest BCUT2D eigenvalue weighted by Gasteiger charge is 2.42. The van der Waals surface area contributed by atoms with Crippen molar-refractivity contribution in [2.45, 2.75) is 43.9 Å². The van der Waals surface area contributed by atoms with Gasteiger partial charge in [-0.3, -0.25) is 4.79 Å². The van der Waals surface area contributed by atoms with Crippen LogP contribution in [0.25, 0.3) is 0 Å². The second kappa shape index (κ2) is 2.93. The van der Waals surface area contributed by atoms with Crippen molar-refractivity contribution in [2.75, 3.05) is 0 Å². The molecule has 2 aliphatic rings. The lowest BCUT2D eigenvalue weighted by Crippen LogP contribution is -2.28. The van der Waals surface area contributed by atoms with Gasteiger partial charge < -0.3 is 0 Å². The molecule has 3 rings (SSSR count). The third-order valence-corrected chi connectivity index (χ3v) is 5.00. The summed E-state index contributed by atoms with van der Waals surface area (Å²) in [6, 6.07) is 2.03. The van der Waals surface area contributed by atoms with Crippen molar-refractivity contribution in [3.8, 4) is 0 Å². The average molecular weight is 206 g/mol. The van der Waals surface area contributed by atoms with E-state index in [1.54, 1.807) is 11.3 Å². The second-order valence-electron chi connectivity index (χ2n) is 4.57. The van der Waals surface area contributed by atoms with Crippen LogP contribution in [-0.4, -0.2) is 5.78 Å². The molecular formula is C12H14OS. The summed E-state index contributed by atoms with van der Waals surface area (Å²) in [7, 11) is 0. The zero-order chi connectivity index (χ0) is 9.60. The molecule has 1 spiro atoms. The van der Waals surface area contributed by atoms with Gasteiger partial charge in [0.05, 0.1) is 0 Å². The Labute approximate surface area is 88.1 Å². The quantitative estimate of drug-likeness (QED) is 0.634. The molecular weight excluding hydrogens is 192 g/mol. The smallest absolute Gasteiger partial charge is 0.164 e. The standard InChI is InChI=1S/C12H14OS/c13-10-3-7-12(5-1-2-6-12)11-9(10)4-8-14-11/h4,8H,1-3,5-7H2. The molecule has 2 heteroatoms. The van der Waals surface area contributed by atoms with Crippen molar-refractivity contribution in [2.24, 2.45) is 0 Å². The molecule has 14 heavy (non-hydrogen) atoms. The molecule has 0 radical (unpaired) electrons. The Bertz CT molecular complexity index is 371. The van der Waals surface area contributed by atoms with Crippen LogP contribution in [0.1, 0.15) is 53.8 Å². The number of hydrogen-bond acceptors (Lipinski definition) is 2. The maximum absolute atomic E-state index is 11.7. The van der Waals surface area contributed by atoms with E-state index >= 15 is 0 Å². The fourth-order valence-electron chi connectivity index (χ4n) is 3.07. The highest BCUT2D eigenvalue weighted by atomic mass is 32.1. The lowest BCUT2D eigenvalue weighted by atomic mass is 9.73. The number of Topliss-reactive ketones (excluding diaryl/α,β-unsaturated/α-hetero) is 1. The fourth-order valence-corrected chi connectivity index (χ4v) is 4.27. The first-order valence-electron chi connectivity index (χ1n) is 5.43. The van der Waals surface area contributed by atoms with E-state index in [0.29, 0.717) is 11.2 Å². The monoisotopic (exact) mass is 206 g/mol. The summed E-state index contributed by atoms with van der Waals surface area (Å²) in [4.78, 5) is 13.1. The Morgan fingerprint density at radius 1 is 1.21 bits per heavy atom. The Balaban J connectivity index is 2.12. The van der Waals surface area contributed by atoms with Crippen LogP contribution in [0, 0.1) is 0 Å². The normalized spacial score (nSPS) is 24.1. The lowest BCUT2D eigenvalue weighted by Gasteiger charge is -2.32. The number of hydrogen-bond donors (Lipinski definition) is 0. The predicted molar refractivity (Wildman–Crippen MR) is 58.0 cm³/mol. The summed E-state index contributed by atoms with van der Waals surface area (Å²) in [6.45, 7) is 0. The molecule has 0 aromatic carbocycles. The van der Waals surface area contributed by atoms with Gasteiger partial charge in [-0.2, -0.15) is 0 Å². The first kappa shape index (κ1) is 8.66. The molecule has 1 fully saturated rings. The van der Waals surface area contributed by atoms with Gasteiger partial charge in [0.25, 0.3) is 0 Å². The molecule has 0 atom stereocenters. The second-order valence-corrected chi connectivity index (χ2v) is 5.49. The molecule has 0 bridgehead atoms. The van der Waals surface area contributed by atoms with E-state index in [1.807, 2.05) is 6.07 Å². The topological polar surface area (TPSA) is 17.1 Å². The Hall–Kier alpha value is -0.630. The third kappa shape index (κ3) is 1.04. The molecule has 0 saturated heterocycles. The van der Waals surface area contributed by atoms with Crippen LogP contribution in [0.3, 0.4) is 0 Å². The molecule has 74 valence electrons. The van der Waals surface area contributed by atoms with E-state index in [0.717, 1.165) is 18.4 Å². The summed E-state index contributed by atoms with van der Waals surface area (Å²) < 4.78 is 0. The summed E-state index contributed by atoms with van der Waals surface area (Å²) in [5, 5.41) is 2.09. The maximum atomic E-state index is 11.7. The first-order chi connectivity index (χ1) is 6.82. The van der Waals surface area contributed by atoms with Gasteiger partial charge >= 0.3 is 0 Å². The summed E-state index contributed by atoms with van der Waals surface area (Å²) in [6.07, 6.45) is 7.22. The molecule has 1 aromatic heterocycles. The first-order valence-corrected chi connectivity index (χ1v) is 6.31.